The number of methoxy groups -OCH3 is 1. The van der Waals surface area contributed by atoms with Crippen molar-refractivity contribution in [2.24, 2.45) is 0 Å². The van der Waals surface area contributed by atoms with Crippen LogP contribution >= 0.6 is 0 Å². The number of hydrogen-bond acceptors (Lipinski definition) is 4. The van der Waals surface area contributed by atoms with Gasteiger partial charge in [0.15, 0.2) is 0 Å². The molecule has 0 bridgehead atoms. The van der Waals surface area contributed by atoms with Crippen LogP contribution < -0.4 is 34.7 Å². The first kappa shape index (κ1) is 13.3. The normalized spacial score (nSPS) is 9.82. The van der Waals surface area contributed by atoms with Gasteiger partial charge in [-0.1, -0.05) is 0 Å². The summed E-state index contributed by atoms with van der Waals surface area (Å²) in [6, 6.07) is 0. The minimum atomic E-state index is -1.01. The number of carbonyl (C=O) groups excluding carboxylic acids is 2. The molecule has 0 radical (unpaired) electrons. The number of rotatable bonds is 2. The smallest absolute Gasteiger partial charge is 0.878 e. The minimum Gasteiger partial charge on any atom is -0.878 e. The van der Waals surface area contributed by atoms with E-state index in [1.54, 1.807) is 0 Å². The van der Waals surface area contributed by atoms with E-state index in [9.17, 15) is 14.7 Å². The molecule has 11 heavy (non-hydrogen) atoms. The van der Waals surface area contributed by atoms with Gasteiger partial charge >= 0.3 is 35.5 Å². The van der Waals surface area contributed by atoms with Gasteiger partial charge in [0, 0.05) is 0 Å². The van der Waals surface area contributed by atoms with Gasteiger partial charge in [-0.15, -0.1) is 6.26 Å². The van der Waals surface area contributed by atoms with Gasteiger partial charge in [-0.3, -0.25) is 4.79 Å². The van der Waals surface area contributed by atoms with E-state index in [4.69, 9.17) is 0 Å². The summed E-state index contributed by atoms with van der Waals surface area (Å²) in [5.41, 5.74) is -0.146. The monoisotopic (exact) mass is 166 g/mol. The van der Waals surface area contributed by atoms with E-state index in [-0.39, 0.29) is 35.1 Å². The summed E-state index contributed by atoms with van der Waals surface area (Å²) in [6.07, 6.45) is 0.319. The molecule has 0 saturated heterocycles. The zero-order valence-corrected chi connectivity index (χ0v) is 8.71. The first-order valence-corrected chi connectivity index (χ1v) is 2.54. The first-order valence-electron chi connectivity index (χ1n) is 2.54. The van der Waals surface area contributed by atoms with Crippen molar-refractivity contribution in [1.82, 2.24) is 0 Å². The first-order chi connectivity index (χ1) is 4.63. The van der Waals surface area contributed by atoms with Gasteiger partial charge in [-0.2, -0.15) is 0 Å². The van der Waals surface area contributed by atoms with Crippen molar-refractivity contribution < 1.29 is 49.0 Å². The molecule has 0 aromatic heterocycles. The van der Waals surface area contributed by atoms with Crippen LogP contribution in [0.5, 0.6) is 0 Å². The average molecular weight is 166 g/mol. The molecule has 4 nitrogen and oxygen atoms in total. The van der Waals surface area contributed by atoms with Crippen LogP contribution in [0.1, 0.15) is 6.92 Å². The fourth-order valence-electron chi connectivity index (χ4n) is 0.307. The molecule has 0 aliphatic carbocycles. The molecule has 5 heteroatoms. The van der Waals surface area contributed by atoms with Gasteiger partial charge in [-0.25, -0.2) is 4.79 Å². The molecule has 0 spiro atoms. The van der Waals surface area contributed by atoms with Crippen LogP contribution in [0.25, 0.3) is 0 Å². The molecule has 0 saturated carbocycles. The Bertz CT molecular complexity index is 185. The summed E-state index contributed by atoms with van der Waals surface area (Å²) >= 11 is 0. The second-order valence-electron chi connectivity index (χ2n) is 1.62. The molecule has 0 unspecified atom stereocenters. The third-order valence-corrected chi connectivity index (χ3v) is 0.906. The summed E-state index contributed by atoms with van der Waals surface area (Å²) in [5.74, 6) is -1.90. The fraction of sp³-hybridized carbons (Fsp3) is 0.333. The van der Waals surface area contributed by atoms with Gasteiger partial charge in [0.05, 0.1) is 7.11 Å². The Balaban J connectivity index is 0. The van der Waals surface area contributed by atoms with Gasteiger partial charge in [0.25, 0.3) is 5.78 Å². The van der Waals surface area contributed by atoms with Crippen LogP contribution in [0.3, 0.4) is 0 Å². The molecular formula is C6H7NaO4. The maximum Gasteiger partial charge on any atom is 1.00 e. The zero-order valence-electron chi connectivity index (χ0n) is 6.71. The molecular weight excluding hydrogens is 159 g/mol. The van der Waals surface area contributed by atoms with Crippen molar-refractivity contribution in [3.8, 4) is 0 Å². The third-order valence-electron chi connectivity index (χ3n) is 0.906. The molecule has 0 fully saturated rings. The predicted octanol–water partition coefficient (Wildman–Crippen LogP) is -4.00. The third kappa shape index (κ3) is 4.19. The Morgan fingerprint density at radius 2 is 1.91 bits per heavy atom. The standard InChI is InChI=1S/C6H8O4.Na/c1-4(3-7)5(8)6(9)10-2;/h3,7H,1-2H3;/q;+1/p-1. The van der Waals surface area contributed by atoms with Crippen LogP contribution in [0.2, 0.25) is 0 Å². The van der Waals surface area contributed by atoms with Gasteiger partial charge in [-0.05, 0) is 12.5 Å². The second kappa shape index (κ2) is 6.39. The zero-order chi connectivity index (χ0) is 8.15. The van der Waals surface area contributed by atoms with E-state index < -0.39 is 11.8 Å². The Morgan fingerprint density at radius 1 is 1.45 bits per heavy atom. The minimum absolute atomic E-state index is 0. The van der Waals surface area contributed by atoms with Crippen LogP contribution in [-0.4, -0.2) is 18.9 Å². The summed E-state index contributed by atoms with van der Waals surface area (Å²) < 4.78 is 4.07. The van der Waals surface area contributed by atoms with Crippen LogP contribution in [0.15, 0.2) is 11.8 Å². The topological polar surface area (TPSA) is 66.4 Å². The maximum atomic E-state index is 10.6. The van der Waals surface area contributed by atoms with Crippen molar-refractivity contribution in [2.75, 3.05) is 7.11 Å². The van der Waals surface area contributed by atoms with E-state index in [0.717, 1.165) is 7.11 Å². The van der Waals surface area contributed by atoms with Crippen molar-refractivity contribution in [3.05, 3.63) is 11.8 Å². The number of ketones is 1. The average Bonchev–Trinajstić information content (AvgIpc) is 2.00. The number of carbonyl (C=O) groups is 2. The Morgan fingerprint density at radius 3 is 2.18 bits per heavy atom. The fourth-order valence-corrected chi connectivity index (χ4v) is 0.307. The van der Waals surface area contributed by atoms with E-state index in [1.165, 1.54) is 6.92 Å². The molecule has 0 rings (SSSR count). The summed E-state index contributed by atoms with van der Waals surface area (Å²) in [4.78, 5) is 20.9. The second-order valence-corrected chi connectivity index (χ2v) is 1.62. The van der Waals surface area contributed by atoms with Crippen LogP contribution in [0.4, 0.5) is 0 Å². The van der Waals surface area contributed by atoms with Gasteiger partial charge in [0.2, 0.25) is 0 Å². The SMILES string of the molecule is COC(=O)C(=O)C(C)=C[O-].[Na+]. The predicted molar refractivity (Wildman–Crippen MR) is 30.8 cm³/mol. The summed E-state index contributed by atoms with van der Waals surface area (Å²) in [7, 11) is 1.08. The number of Topliss-reactive ketones (excluding diaryl/α,β-unsaturated/α-hetero) is 1. The quantitative estimate of drug-likeness (QED) is 0.138. The molecule has 0 atom stereocenters. The molecule has 56 valence electrons. The van der Waals surface area contributed by atoms with Gasteiger partial charge < -0.3 is 9.84 Å². The van der Waals surface area contributed by atoms with Crippen molar-refractivity contribution in [3.63, 3.8) is 0 Å². The summed E-state index contributed by atoms with van der Waals surface area (Å²) in [6.45, 7) is 1.26. The Hall–Kier alpha value is -0.320. The van der Waals surface area contributed by atoms with Crippen LogP contribution in [0, 0.1) is 0 Å². The van der Waals surface area contributed by atoms with Crippen molar-refractivity contribution in [1.29, 1.82) is 0 Å². The van der Waals surface area contributed by atoms with E-state index in [2.05, 4.69) is 4.74 Å². The Labute approximate surface area is 86.5 Å². The molecule has 0 aliphatic heterocycles. The van der Waals surface area contributed by atoms with Crippen molar-refractivity contribution >= 4 is 11.8 Å². The largest absolute Gasteiger partial charge is 1.00 e. The van der Waals surface area contributed by atoms with Gasteiger partial charge in [0.1, 0.15) is 0 Å². The molecule has 0 aromatic rings. The molecule has 0 N–H and O–H groups in total. The van der Waals surface area contributed by atoms with E-state index in [0.29, 0.717) is 6.26 Å². The molecule has 0 amide bonds. The number of ether oxygens (including phenoxy) is 1. The Kier molecular flexibility index (Phi) is 7.72. The van der Waals surface area contributed by atoms with E-state index in [1.807, 2.05) is 0 Å². The maximum absolute atomic E-state index is 10.6. The number of hydrogen-bond donors (Lipinski definition) is 0. The van der Waals surface area contributed by atoms with Crippen LogP contribution in [-0.2, 0) is 14.3 Å². The number of esters is 1. The van der Waals surface area contributed by atoms with E-state index >= 15 is 0 Å². The molecule has 0 aliphatic rings. The molecule has 0 heterocycles. The van der Waals surface area contributed by atoms with Crippen molar-refractivity contribution in [2.45, 2.75) is 6.92 Å². The molecule has 0 aromatic carbocycles. The summed E-state index contributed by atoms with van der Waals surface area (Å²) in [5, 5.41) is 9.90.